The van der Waals surface area contributed by atoms with Crippen molar-refractivity contribution in [1.29, 1.82) is 0 Å². The fourth-order valence-corrected chi connectivity index (χ4v) is 2.45. The summed E-state index contributed by atoms with van der Waals surface area (Å²) in [7, 11) is 0. The van der Waals surface area contributed by atoms with E-state index in [-0.39, 0.29) is 16.8 Å². The molecule has 1 saturated heterocycles. The summed E-state index contributed by atoms with van der Waals surface area (Å²) >= 11 is 5.90. The van der Waals surface area contributed by atoms with Crippen molar-refractivity contribution in [3.8, 4) is 0 Å². The number of rotatable bonds is 2. The van der Waals surface area contributed by atoms with Gasteiger partial charge in [0.1, 0.15) is 6.04 Å². The van der Waals surface area contributed by atoms with Gasteiger partial charge in [-0.1, -0.05) is 18.5 Å². The summed E-state index contributed by atoms with van der Waals surface area (Å²) in [5.41, 5.74) is 0.298. The molecule has 1 aromatic heterocycles. The molecule has 6 heteroatoms. The summed E-state index contributed by atoms with van der Waals surface area (Å²) in [6.07, 6.45) is 3.53. The van der Waals surface area contributed by atoms with Crippen molar-refractivity contribution in [2.24, 2.45) is 5.92 Å². The molecule has 0 saturated carbocycles. The van der Waals surface area contributed by atoms with Crippen LogP contribution in [0.2, 0.25) is 5.02 Å². The van der Waals surface area contributed by atoms with Crippen molar-refractivity contribution in [2.75, 3.05) is 6.54 Å². The number of likely N-dealkylation sites (tertiary alicyclic amines) is 1. The van der Waals surface area contributed by atoms with E-state index in [0.29, 0.717) is 18.5 Å². The number of nitrogens with zero attached hydrogens (tertiary/aromatic N) is 2. The van der Waals surface area contributed by atoms with E-state index in [0.717, 1.165) is 0 Å². The third kappa shape index (κ3) is 2.18. The highest BCUT2D eigenvalue weighted by Gasteiger charge is 2.40. The second-order valence-electron chi connectivity index (χ2n) is 4.40. The zero-order valence-corrected chi connectivity index (χ0v) is 10.6. The lowest BCUT2D eigenvalue weighted by atomic mass is 10.0. The minimum Gasteiger partial charge on any atom is -0.480 e. The lowest BCUT2D eigenvalue weighted by Crippen LogP contribution is -2.42. The quantitative estimate of drug-likeness (QED) is 0.886. The molecule has 5 nitrogen and oxygen atoms in total. The van der Waals surface area contributed by atoms with Crippen LogP contribution in [0.25, 0.3) is 0 Å². The molecule has 1 aromatic rings. The van der Waals surface area contributed by atoms with Gasteiger partial charge in [0.15, 0.2) is 0 Å². The van der Waals surface area contributed by atoms with Gasteiger partial charge < -0.3 is 10.0 Å². The summed E-state index contributed by atoms with van der Waals surface area (Å²) in [6.45, 7) is 2.27. The number of hydrogen-bond acceptors (Lipinski definition) is 3. The number of pyridine rings is 1. The van der Waals surface area contributed by atoms with Gasteiger partial charge >= 0.3 is 5.97 Å². The Balaban J connectivity index is 2.29. The molecule has 0 aliphatic carbocycles. The molecule has 2 atom stereocenters. The first-order valence-corrected chi connectivity index (χ1v) is 6.03. The normalized spacial score (nSPS) is 23.1. The number of carboxylic acid groups (broad SMARTS) is 1. The van der Waals surface area contributed by atoms with Crippen molar-refractivity contribution in [3.05, 3.63) is 29.0 Å². The van der Waals surface area contributed by atoms with E-state index in [9.17, 15) is 14.7 Å². The molecule has 1 aliphatic heterocycles. The van der Waals surface area contributed by atoms with Crippen LogP contribution in [0.1, 0.15) is 23.7 Å². The molecule has 2 heterocycles. The zero-order chi connectivity index (χ0) is 13.3. The van der Waals surface area contributed by atoms with Gasteiger partial charge in [-0.25, -0.2) is 4.79 Å². The highest BCUT2D eigenvalue weighted by molar-refractivity contribution is 6.33. The third-order valence-electron chi connectivity index (χ3n) is 3.22. The molecule has 1 fully saturated rings. The summed E-state index contributed by atoms with van der Waals surface area (Å²) in [5, 5.41) is 9.42. The molecule has 1 amide bonds. The van der Waals surface area contributed by atoms with Crippen LogP contribution in [0.3, 0.4) is 0 Å². The number of aromatic nitrogens is 1. The molecule has 2 unspecified atom stereocenters. The predicted molar refractivity (Wildman–Crippen MR) is 65.5 cm³/mol. The summed E-state index contributed by atoms with van der Waals surface area (Å²) in [6, 6.07) is 0.730. The Labute approximate surface area is 109 Å². The van der Waals surface area contributed by atoms with Crippen LogP contribution in [-0.4, -0.2) is 39.5 Å². The maximum Gasteiger partial charge on any atom is 0.326 e. The molecule has 0 spiro atoms. The van der Waals surface area contributed by atoms with Crippen LogP contribution >= 0.6 is 11.6 Å². The van der Waals surface area contributed by atoms with Crippen molar-refractivity contribution in [3.63, 3.8) is 0 Å². The number of amides is 1. The standard InChI is InChI=1S/C12H13ClN2O3/c1-7-3-5-15(10(7)12(17)18)11(16)8-2-4-14-6-9(8)13/h2,4,6-7,10H,3,5H2,1H3,(H,17,18). The molecule has 0 radical (unpaired) electrons. The van der Waals surface area contributed by atoms with Crippen LogP contribution in [-0.2, 0) is 4.79 Å². The summed E-state index contributed by atoms with van der Waals surface area (Å²) < 4.78 is 0. The topological polar surface area (TPSA) is 70.5 Å². The van der Waals surface area contributed by atoms with Gasteiger partial charge in [0.25, 0.3) is 5.91 Å². The second-order valence-corrected chi connectivity index (χ2v) is 4.81. The number of halogens is 1. The van der Waals surface area contributed by atoms with Gasteiger partial charge in [-0.05, 0) is 18.4 Å². The van der Waals surface area contributed by atoms with Crippen molar-refractivity contribution in [1.82, 2.24) is 9.88 Å². The van der Waals surface area contributed by atoms with Gasteiger partial charge in [0.2, 0.25) is 0 Å². The van der Waals surface area contributed by atoms with Gasteiger partial charge in [0.05, 0.1) is 10.6 Å². The fourth-order valence-electron chi connectivity index (χ4n) is 2.25. The average molecular weight is 269 g/mol. The van der Waals surface area contributed by atoms with Crippen LogP contribution in [0.5, 0.6) is 0 Å². The van der Waals surface area contributed by atoms with Crippen LogP contribution in [0, 0.1) is 5.92 Å². The van der Waals surface area contributed by atoms with E-state index in [1.54, 1.807) is 0 Å². The van der Waals surface area contributed by atoms with Crippen LogP contribution in [0.4, 0.5) is 0 Å². The first-order valence-electron chi connectivity index (χ1n) is 5.65. The van der Waals surface area contributed by atoms with Gasteiger partial charge in [0, 0.05) is 18.9 Å². The first kappa shape index (κ1) is 12.8. The lowest BCUT2D eigenvalue weighted by molar-refractivity contribution is -0.142. The molecular formula is C12H13ClN2O3. The molecular weight excluding hydrogens is 256 g/mol. The second kappa shape index (κ2) is 4.94. The number of hydrogen-bond donors (Lipinski definition) is 1. The van der Waals surface area contributed by atoms with Gasteiger partial charge in [-0.2, -0.15) is 0 Å². The molecule has 0 aromatic carbocycles. The highest BCUT2D eigenvalue weighted by atomic mass is 35.5. The summed E-state index contributed by atoms with van der Waals surface area (Å²) in [5.74, 6) is -1.37. The molecule has 1 N–H and O–H groups in total. The Hall–Kier alpha value is -1.62. The molecule has 96 valence electrons. The van der Waals surface area contributed by atoms with E-state index >= 15 is 0 Å². The van der Waals surface area contributed by atoms with E-state index in [4.69, 9.17) is 11.6 Å². The Bertz CT molecular complexity index is 492. The van der Waals surface area contributed by atoms with Crippen molar-refractivity contribution >= 4 is 23.5 Å². The lowest BCUT2D eigenvalue weighted by Gasteiger charge is -2.23. The fraction of sp³-hybridized carbons (Fsp3) is 0.417. The monoisotopic (exact) mass is 268 g/mol. The SMILES string of the molecule is CC1CCN(C(=O)c2ccncc2Cl)C1C(=O)O. The maximum absolute atomic E-state index is 12.3. The predicted octanol–water partition coefficient (Wildman–Crippen LogP) is 1.67. The Kier molecular flexibility index (Phi) is 3.52. The van der Waals surface area contributed by atoms with E-state index < -0.39 is 12.0 Å². The van der Waals surface area contributed by atoms with Gasteiger partial charge in [-0.15, -0.1) is 0 Å². The maximum atomic E-state index is 12.3. The number of aliphatic carboxylic acids is 1. The van der Waals surface area contributed by atoms with Gasteiger partial charge in [-0.3, -0.25) is 9.78 Å². The average Bonchev–Trinajstić information content (AvgIpc) is 2.71. The Morgan fingerprint density at radius 1 is 1.56 bits per heavy atom. The third-order valence-corrected chi connectivity index (χ3v) is 3.52. The Morgan fingerprint density at radius 2 is 2.28 bits per heavy atom. The first-order chi connectivity index (χ1) is 8.52. The van der Waals surface area contributed by atoms with E-state index in [1.807, 2.05) is 6.92 Å². The largest absolute Gasteiger partial charge is 0.480 e. The minimum absolute atomic E-state index is 0.0490. The van der Waals surface area contributed by atoms with E-state index in [2.05, 4.69) is 4.98 Å². The molecule has 18 heavy (non-hydrogen) atoms. The number of carboxylic acids is 1. The minimum atomic E-state index is -0.974. The summed E-state index contributed by atoms with van der Waals surface area (Å²) in [4.78, 5) is 28.7. The number of carbonyl (C=O) groups is 2. The number of carbonyl (C=O) groups excluding carboxylic acids is 1. The van der Waals surface area contributed by atoms with Crippen molar-refractivity contribution in [2.45, 2.75) is 19.4 Å². The Morgan fingerprint density at radius 3 is 2.89 bits per heavy atom. The smallest absolute Gasteiger partial charge is 0.326 e. The zero-order valence-electron chi connectivity index (χ0n) is 9.84. The molecule has 0 bridgehead atoms. The van der Waals surface area contributed by atoms with Crippen LogP contribution < -0.4 is 0 Å². The highest BCUT2D eigenvalue weighted by Crippen LogP contribution is 2.27. The van der Waals surface area contributed by atoms with Crippen LogP contribution in [0.15, 0.2) is 18.5 Å². The molecule has 2 rings (SSSR count). The van der Waals surface area contributed by atoms with Crippen molar-refractivity contribution < 1.29 is 14.7 Å². The molecule has 1 aliphatic rings. The van der Waals surface area contributed by atoms with E-state index in [1.165, 1.54) is 23.4 Å².